The van der Waals surface area contributed by atoms with E-state index >= 15 is 0 Å². The van der Waals surface area contributed by atoms with E-state index in [0.717, 1.165) is 25.9 Å². The Balaban J connectivity index is 0.000000672. The van der Waals surface area contributed by atoms with Gasteiger partial charge >= 0.3 is 99.8 Å². The fourth-order valence-electron chi connectivity index (χ4n) is 4.10. The molecule has 2 aliphatic rings. The summed E-state index contributed by atoms with van der Waals surface area (Å²) >= 11 is 10.6. The van der Waals surface area contributed by atoms with Gasteiger partial charge in [-0.05, 0) is 36.8 Å². The van der Waals surface area contributed by atoms with E-state index in [4.69, 9.17) is 11.5 Å². The van der Waals surface area contributed by atoms with Crippen LogP contribution >= 0.6 is 77.4 Å². The van der Waals surface area contributed by atoms with Crippen molar-refractivity contribution in [3.8, 4) is 0 Å². The predicted molar refractivity (Wildman–Crippen MR) is 157 cm³/mol. The quantitative estimate of drug-likeness (QED) is 0.267. The summed E-state index contributed by atoms with van der Waals surface area (Å²) in [6, 6.07) is 10.5. The zero-order chi connectivity index (χ0) is 22.2. The minimum atomic E-state index is 0.321. The first-order valence-electron chi connectivity index (χ1n) is 10.3. The fraction of sp³-hybridized carbons (Fsp3) is 0.700. The molecule has 6 N–H and O–H groups in total. The normalized spacial score (nSPS) is 26.3. The van der Waals surface area contributed by atoms with Gasteiger partial charge in [0.05, 0.1) is 0 Å². The van der Waals surface area contributed by atoms with Crippen LogP contribution in [0.1, 0.15) is 62.5 Å². The van der Waals surface area contributed by atoms with Crippen molar-refractivity contribution in [2.75, 3.05) is 0 Å². The predicted octanol–water partition coefficient (Wildman–Crippen LogP) is 5.94. The first-order chi connectivity index (χ1) is 14.5. The molecule has 0 unspecified atom stereocenters. The zero-order valence-corrected chi connectivity index (χ0v) is 30.2. The Labute approximate surface area is 241 Å². The van der Waals surface area contributed by atoms with Crippen molar-refractivity contribution in [3.05, 3.63) is 35.4 Å². The molecule has 0 aromatic heterocycles. The van der Waals surface area contributed by atoms with Gasteiger partial charge in [0.25, 0.3) is 0 Å². The summed E-state index contributed by atoms with van der Waals surface area (Å²) in [6.07, 6.45) is 9.92. The van der Waals surface area contributed by atoms with E-state index in [1.807, 2.05) is 0 Å². The van der Waals surface area contributed by atoms with Gasteiger partial charge < -0.3 is 22.1 Å². The number of nitrogens with one attached hydrogen (secondary N) is 2. The molecule has 0 saturated heterocycles. The van der Waals surface area contributed by atoms with Crippen molar-refractivity contribution >= 4 is 77.4 Å². The van der Waals surface area contributed by atoms with E-state index in [2.05, 4.69) is 112 Å². The number of hydrogen-bond acceptors (Lipinski definition) is 4. The van der Waals surface area contributed by atoms with Crippen molar-refractivity contribution in [2.45, 2.75) is 88.6 Å². The summed E-state index contributed by atoms with van der Waals surface area (Å²) in [6.45, 7) is 1.83. The van der Waals surface area contributed by atoms with Gasteiger partial charge in [-0.25, -0.2) is 0 Å². The van der Waals surface area contributed by atoms with Crippen LogP contribution in [0.5, 0.6) is 0 Å². The molecule has 4 atom stereocenters. The summed E-state index contributed by atoms with van der Waals surface area (Å²) in [5.41, 5.74) is 15.1. The summed E-state index contributed by atoms with van der Waals surface area (Å²) in [4.78, 5) is 0. The molecule has 0 bridgehead atoms. The Morgan fingerprint density at radius 1 is 0.667 bits per heavy atom. The molecule has 1 aromatic rings. The first kappa shape index (κ1) is 31.4. The topological polar surface area (TPSA) is 76.1 Å². The van der Waals surface area contributed by atoms with Crippen LogP contribution in [0, 0.1) is 0 Å². The Bertz CT molecular complexity index is 495. The number of benzene rings is 1. The Morgan fingerprint density at radius 3 is 1.27 bits per heavy atom. The molecule has 2 aliphatic carbocycles. The van der Waals surface area contributed by atoms with E-state index in [-0.39, 0.29) is 0 Å². The van der Waals surface area contributed by atoms with Crippen molar-refractivity contribution in [1.29, 1.82) is 0 Å². The molecule has 0 spiro atoms. The van der Waals surface area contributed by atoms with Crippen LogP contribution in [0.15, 0.2) is 24.3 Å². The second-order valence-corrected chi connectivity index (χ2v) is 41.0. The molecule has 10 heteroatoms. The third-order valence-electron chi connectivity index (χ3n) is 5.80. The van der Waals surface area contributed by atoms with Crippen molar-refractivity contribution < 1.29 is 22.4 Å². The van der Waals surface area contributed by atoms with Gasteiger partial charge in [0.1, 0.15) is 0 Å². The van der Waals surface area contributed by atoms with Crippen molar-refractivity contribution in [1.82, 2.24) is 10.6 Å². The third kappa shape index (κ3) is 14.0. The Morgan fingerprint density at radius 2 is 0.967 bits per heavy atom. The van der Waals surface area contributed by atoms with Gasteiger partial charge in [-0.2, -0.15) is 0 Å². The molecule has 0 heterocycles. The molecule has 182 valence electrons. The summed E-state index contributed by atoms with van der Waals surface area (Å²) in [7, 11) is 0. The summed E-state index contributed by atoms with van der Waals surface area (Å²) in [5.74, 6) is 0. The van der Waals surface area contributed by atoms with Gasteiger partial charge in [-0.1, -0.05) is 49.9 Å². The van der Waals surface area contributed by atoms with Crippen LogP contribution in [-0.2, 0) is 35.5 Å². The van der Waals surface area contributed by atoms with E-state index in [1.54, 1.807) is 0 Å². The van der Waals surface area contributed by atoms with Gasteiger partial charge in [0, 0.05) is 37.3 Å². The number of halogens is 4. The van der Waals surface area contributed by atoms with E-state index in [9.17, 15) is 0 Å². The average molecular weight is 1230 g/mol. The minimum absolute atomic E-state index is 0.321. The molecule has 2 fully saturated rings. The molecule has 0 radical (unpaired) electrons. The molecular formula is C20H34I4N4Pt2. The number of nitrogens with two attached hydrogens (primary N) is 2. The fourth-order valence-corrected chi connectivity index (χ4v) is 4.10. The maximum atomic E-state index is 6.21. The van der Waals surface area contributed by atoms with Crippen LogP contribution in [0.4, 0.5) is 0 Å². The average Bonchev–Trinajstić information content (AvgIpc) is 2.75. The first-order valence-corrected chi connectivity index (χ1v) is 36.0. The van der Waals surface area contributed by atoms with Crippen LogP contribution in [0.25, 0.3) is 0 Å². The standard InChI is InChI=1S/C20H34N4.4HI.2Pt/c21-17-5-1-3-7-19(17)23-13-15-9-11-16(12-10-15)14-24-20-8-4-2-6-18(20)22;;;;;;/h9-12,17-20,23-24H,1-8,13-14,21-22H2;4*1H;;/q;;;;;2*+2/p-4/t17-,18+,19-,20+;;;;;;. The van der Waals surface area contributed by atoms with Crippen LogP contribution < -0.4 is 22.1 Å². The molecule has 3 rings (SSSR count). The van der Waals surface area contributed by atoms with Crippen LogP contribution in [-0.4, -0.2) is 24.2 Å². The maximum absolute atomic E-state index is 6.21. The third-order valence-corrected chi connectivity index (χ3v) is 5.80. The number of rotatable bonds is 6. The zero-order valence-electron chi connectivity index (χ0n) is 17.0. The Kier molecular flexibility index (Phi) is 21.5. The second-order valence-electron chi connectivity index (χ2n) is 7.78. The molecule has 30 heavy (non-hydrogen) atoms. The SMILES string of the molecule is N[C@@H]1CCCC[C@H]1NCc1ccc(CN[C@H]2CCCC[C@@H]2N)cc1.[I][Pt][I].[I][Pt][I]. The van der Waals surface area contributed by atoms with Crippen molar-refractivity contribution in [2.24, 2.45) is 11.5 Å². The molecule has 1 aromatic carbocycles. The molecule has 0 amide bonds. The summed E-state index contributed by atoms with van der Waals surface area (Å²) in [5, 5.41) is 7.28. The molecule has 0 aliphatic heterocycles. The summed E-state index contributed by atoms with van der Waals surface area (Å²) < 4.78 is 0. The molecule has 4 nitrogen and oxygen atoms in total. The number of hydrogen-bond donors (Lipinski definition) is 4. The Hall–Kier alpha value is 3.36. The second kappa shape index (κ2) is 20.5. The van der Waals surface area contributed by atoms with E-state index < -0.39 is 0 Å². The monoisotopic (exact) mass is 1230 g/mol. The van der Waals surface area contributed by atoms with Gasteiger partial charge in [-0.3, -0.25) is 0 Å². The van der Waals surface area contributed by atoms with Crippen LogP contribution in [0.2, 0.25) is 0 Å². The van der Waals surface area contributed by atoms with Gasteiger partial charge in [0.15, 0.2) is 0 Å². The molecule has 2 saturated carbocycles. The van der Waals surface area contributed by atoms with E-state index in [0.29, 0.717) is 46.6 Å². The van der Waals surface area contributed by atoms with Crippen LogP contribution in [0.3, 0.4) is 0 Å². The van der Waals surface area contributed by atoms with E-state index in [1.165, 1.54) is 49.7 Å². The molecular weight excluding hydrogens is 1190 g/mol. The van der Waals surface area contributed by atoms with Gasteiger partial charge in [-0.15, -0.1) is 0 Å². The van der Waals surface area contributed by atoms with Crippen molar-refractivity contribution in [3.63, 3.8) is 0 Å². The van der Waals surface area contributed by atoms with Gasteiger partial charge in [0.2, 0.25) is 0 Å².